The molecule has 1 atom stereocenters. The Kier molecular flexibility index (Phi) is 5.74. The number of aromatic hydroxyl groups is 1. The van der Waals surface area contributed by atoms with E-state index >= 15 is 0 Å². The highest BCUT2D eigenvalue weighted by atomic mass is 16.7. The van der Waals surface area contributed by atoms with Crippen LogP contribution in [0.15, 0.2) is 48.5 Å². The van der Waals surface area contributed by atoms with Crippen molar-refractivity contribution in [3.63, 3.8) is 0 Å². The van der Waals surface area contributed by atoms with Crippen molar-refractivity contribution >= 4 is 5.78 Å². The number of phenolic OH excluding ortho intramolecular Hbond substituents is 1. The summed E-state index contributed by atoms with van der Waals surface area (Å²) >= 11 is 0. The van der Waals surface area contributed by atoms with Gasteiger partial charge in [0.25, 0.3) is 0 Å². The van der Waals surface area contributed by atoms with Crippen LogP contribution in [0.1, 0.15) is 54.6 Å². The number of carbonyl (C=O) groups excluding carboxylic acids is 1. The van der Waals surface area contributed by atoms with E-state index in [1.165, 1.54) is 6.07 Å². The molecule has 26 heavy (non-hydrogen) atoms. The monoisotopic (exact) mass is 354 g/mol. The lowest BCUT2D eigenvalue weighted by atomic mass is 9.95. The Balaban J connectivity index is 1.66. The van der Waals surface area contributed by atoms with Gasteiger partial charge in [0.05, 0.1) is 11.2 Å². The average Bonchev–Trinajstić information content (AvgIpc) is 2.63. The predicted molar refractivity (Wildman–Crippen MR) is 100 cm³/mol. The van der Waals surface area contributed by atoms with Crippen LogP contribution in [0.25, 0.3) is 0 Å². The van der Waals surface area contributed by atoms with Crippen molar-refractivity contribution < 1.29 is 19.4 Å². The maximum Gasteiger partial charge on any atom is 0.170 e. The Hall–Kier alpha value is -2.17. The molecule has 138 valence electrons. The van der Waals surface area contributed by atoms with E-state index in [1.807, 2.05) is 38.1 Å². The summed E-state index contributed by atoms with van der Waals surface area (Å²) in [5.41, 5.74) is 1.86. The van der Waals surface area contributed by atoms with E-state index in [-0.39, 0.29) is 24.2 Å². The second-order valence-corrected chi connectivity index (χ2v) is 7.24. The summed E-state index contributed by atoms with van der Waals surface area (Å²) in [4.78, 5) is 12.4. The summed E-state index contributed by atoms with van der Waals surface area (Å²) in [6, 6.07) is 14.5. The van der Waals surface area contributed by atoms with Crippen LogP contribution in [-0.4, -0.2) is 23.8 Å². The Morgan fingerprint density at radius 1 is 1.15 bits per heavy atom. The van der Waals surface area contributed by atoms with Gasteiger partial charge in [-0.25, -0.2) is 0 Å². The van der Waals surface area contributed by atoms with Crippen molar-refractivity contribution in [1.82, 2.24) is 0 Å². The zero-order valence-corrected chi connectivity index (χ0v) is 15.4. The minimum atomic E-state index is -0.456. The van der Waals surface area contributed by atoms with Crippen LogP contribution >= 0.6 is 0 Å². The highest BCUT2D eigenvalue weighted by molar-refractivity contribution is 5.99. The first kappa shape index (κ1) is 18.6. The zero-order chi connectivity index (χ0) is 18.6. The normalized spacial score (nSPS) is 17.8. The number of phenols is 1. The molecule has 1 aliphatic rings. The second kappa shape index (κ2) is 8.02. The summed E-state index contributed by atoms with van der Waals surface area (Å²) < 4.78 is 11.8. The van der Waals surface area contributed by atoms with Gasteiger partial charge in [0.2, 0.25) is 0 Å². The molecule has 1 N–H and O–H groups in total. The summed E-state index contributed by atoms with van der Waals surface area (Å²) in [5, 5.41) is 9.82. The molecule has 1 fully saturated rings. The lowest BCUT2D eigenvalue weighted by molar-refractivity contribution is -0.219. The molecule has 4 heteroatoms. The first-order valence-electron chi connectivity index (χ1n) is 9.16. The largest absolute Gasteiger partial charge is 0.507 e. The maximum atomic E-state index is 12.4. The van der Waals surface area contributed by atoms with Gasteiger partial charge in [-0.1, -0.05) is 36.4 Å². The van der Waals surface area contributed by atoms with Crippen molar-refractivity contribution in [2.45, 2.75) is 51.4 Å². The maximum absolute atomic E-state index is 12.4. The highest BCUT2D eigenvalue weighted by Crippen LogP contribution is 2.29. The van der Waals surface area contributed by atoms with E-state index in [1.54, 1.807) is 18.2 Å². The topological polar surface area (TPSA) is 55.8 Å². The second-order valence-electron chi connectivity index (χ2n) is 7.24. The number of rotatable bonds is 6. The molecular weight excluding hydrogens is 328 g/mol. The van der Waals surface area contributed by atoms with E-state index in [9.17, 15) is 9.90 Å². The molecule has 2 aromatic rings. The van der Waals surface area contributed by atoms with Gasteiger partial charge in [-0.15, -0.1) is 0 Å². The molecule has 1 heterocycles. The molecule has 0 amide bonds. The predicted octanol–water partition coefficient (Wildman–Crippen LogP) is 4.60. The quantitative estimate of drug-likeness (QED) is 0.771. The van der Waals surface area contributed by atoms with Gasteiger partial charge in [-0.2, -0.15) is 0 Å². The van der Waals surface area contributed by atoms with E-state index in [2.05, 4.69) is 0 Å². The van der Waals surface area contributed by atoms with E-state index in [0.29, 0.717) is 5.56 Å². The van der Waals surface area contributed by atoms with E-state index < -0.39 is 5.60 Å². The van der Waals surface area contributed by atoms with Crippen molar-refractivity contribution in [1.29, 1.82) is 0 Å². The molecule has 0 spiro atoms. The number of ether oxygens (including phenoxy) is 2. The number of hydrogen-bond acceptors (Lipinski definition) is 4. The minimum absolute atomic E-state index is 0.0242. The SMILES string of the molecule is CC(C)(OC1CCCCO1)c1ccc(CC(=O)c2ccccc2O)cc1. The number of carbonyl (C=O) groups is 1. The summed E-state index contributed by atoms with van der Waals surface area (Å²) in [6.07, 6.45) is 3.26. The van der Waals surface area contributed by atoms with Crippen LogP contribution in [-0.2, 0) is 21.5 Å². The van der Waals surface area contributed by atoms with Crippen LogP contribution in [0.2, 0.25) is 0 Å². The van der Waals surface area contributed by atoms with E-state index in [0.717, 1.165) is 37.0 Å². The lowest BCUT2D eigenvalue weighted by Crippen LogP contribution is -2.32. The standard InChI is InChI=1S/C22H26O4/c1-22(2,26-21-9-5-6-14-25-21)17-12-10-16(11-13-17)15-20(24)18-7-3-4-8-19(18)23/h3-4,7-8,10-13,21,23H,5-6,9,14-15H2,1-2H3. The van der Waals surface area contributed by atoms with Crippen molar-refractivity contribution in [2.24, 2.45) is 0 Å². The molecule has 1 aliphatic heterocycles. The summed E-state index contributed by atoms with van der Waals surface area (Å²) in [5.74, 6) is -0.0712. The van der Waals surface area contributed by atoms with Gasteiger partial charge < -0.3 is 14.6 Å². The Morgan fingerprint density at radius 2 is 1.88 bits per heavy atom. The Morgan fingerprint density at radius 3 is 2.54 bits per heavy atom. The van der Waals surface area contributed by atoms with Gasteiger partial charge in [-0.05, 0) is 56.4 Å². The fourth-order valence-electron chi connectivity index (χ4n) is 3.21. The molecule has 3 rings (SSSR count). The third kappa shape index (κ3) is 4.51. The Bertz CT molecular complexity index is 743. The first-order valence-corrected chi connectivity index (χ1v) is 9.16. The molecule has 2 aromatic carbocycles. The number of benzene rings is 2. The third-order valence-corrected chi connectivity index (χ3v) is 4.78. The van der Waals surface area contributed by atoms with Crippen LogP contribution in [0.4, 0.5) is 0 Å². The molecule has 0 saturated carbocycles. The summed E-state index contributed by atoms with van der Waals surface area (Å²) in [7, 11) is 0. The van der Waals surface area contributed by atoms with Crippen molar-refractivity contribution in [3.8, 4) is 5.75 Å². The van der Waals surface area contributed by atoms with Gasteiger partial charge in [0, 0.05) is 13.0 Å². The van der Waals surface area contributed by atoms with Crippen LogP contribution < -0.4 is 0 Å². The van der Waals surface area contributed by atoms with Gasteiger partial charge in [-0.3, -0.25) is 4.79 Å². The summed E-state index contributed by atoms with van der Waals surface area (Å²) in [6.45, 7) is 4.83. The average molecular weight is 354 g/mol. The van der Waals surface area contributed by atoms with Gasteiger partial charge >= 0.3 is 0 Å². The van der Waals surface area contributed by atoms with Crippen molar-refractivity contribution in [3.05, 3.63) is 65.2 Å². The molecular formula is C22H26O4. The fourth-order valence-corrected chi connectivity index (χ4v) is 3.21. The molecule has 1 unspecified atom stereocenters. The minimum Gasteiger partial charge on any atom is -0.507 e. The first-order chi connectivity index (χ1) is 12.5. The Labute approximate surface area is 154 Å². The molecule has 0 aliphatic carbocycles. The lowest BCUT2D eigenvalue weighted by Gasteiger charge is -2.33. The molecule has 0 aromatic heterocycles. The van der Waals surface area contributed by atoms with Crippen LogP contribution in [0.3, 0.4) is 0 Å². The van der Waals surface area contributed by atoms with Crippen molar-refractivity contribution in [2.75, 3.05) is 6.61 Å². The molecule has 1 saturated heterocycles. The molecule has 0 radical (unpaired) electrons. The van der Waals surface area contributed by atoms with Crippen LogP contribution in [0.5, 0.6) is 5.75 Å². The van der Waals surface area contributed by atoms with E-state index in [4.69, 9.17) is 9.47 Å². The third-order valence-electron chi connectivity index (χ3n) is 4.78. The molecule has 0 bridgehead atoms. The number of para-hydroxylation sites is 1. The number of ketones is 1. The van der Waals surface area contributed by atoms with Gasteiger partial charge in [0.1, 0.15) is 5.75 Å². The molecule has 4 nitrogen and oxygen atoms in total. The number of Topliss-reactive ketones (excluding diaryl/α,β-unsaturated/α-hetero) is 1. The highest BCUT2D eigenvalue weighted by Gasteiger charge is 2.27. The van der Waals surface area contributed by atoms with Gasteiger partial charge in [0.15, 0.2) is 12.1 Å². The zero-order valence-electron chi connectivity index (χ0n) is 15.4. The number of hydrogen-bond donors (Lipinski definition) is 1. The fraction of sp³-hybridized carbons (Fsp3) is 0.409. The van der Waals surface area contributed by atoms with Crippen LogP contribution in [0, 0.1) is 0 Å². The smallest absolute Gasteiger partial charge is 0.170 e.